The van der Waals surface area contributed by atoms with Crippen LogP contribution in [0.5, 0.6) is 0 Å². The molecule has 1 aliphatic rings. The molecule has 9 heteroatoms. The van der Waals surface area contributed by atoms with Crippen molar-refractivity contribution in [3.05, 3.63) is 77.1 Å². The fraction of sp³-hybridized carbons (Fsp3) is 0.280. The summed E-state index contributed by atoms with van der Waals surface area (Å²) < 4.78 is 5.50. The zero-order chi connectivity index (χ0) is 24.1. The molecule has 176 valence electrons. The third kappa shape index (κ3) is 5.09. The number of fused-ring (bicyclic) bond motifs is 3. The van der Waals surface area contributed by atoms with Crippen molar-refractivity contribution < 1.29 is 24.2 Å². The van der Waals surface area contributed by atoms with E-state index in [1.54, 1.807) is 6.20 Å². The van der Waals surface area contributed by atoms with Crippen LogP contribution in [0.25, 0.3) is 11.1 Å². The summed E-state index contributed by atoms with van der Waals surface area (Å²) in [7, 11) is 0. The summed E-state index contributed by atoms with van der Waals surface area (Å²) in [6, 6.07) is 14.9. The molecule has 1 aromatic heterocycles. The highest BCUT2D eigenvalue weighted by Crippen LogP contribution is 2.44. The fourth-order valence-electron chi connectivity index (χ4n) is 4.18. The minimum absolute atomic E-state index is 0.0598. The Bertz CT molecular complexity index is 1160. The number of hydrogen-bond donors (Lipinski definition) is 4. The molecule has 4 rings (SSSR count). The van der Waals surface area contributed by atoms with Gasteiger partial charge in [0.1, 0.15) is 12.6 Å². The first-order valence-corrected chi connectivity index (χ1v) is 11.0. The standard InChI is InChI=1S/C25H26N4O5/c1-15-16(13-27-29-15)12-26-24(32)22(10-11-23(30)31)28-25(33)34-14-21-19-8-4-2-6-17(19)18-7-3-5-9-20(18)21/h2-9,13,21-22H,10-12,14H2,1H3,(H,26,32)(H,27,29)(H,28,33)(H,30,31). The molecule has 2 amide bonds. The molecule has 0 radical (unpaired) electrons. The first-order chi connectivity index (χ1) is 16.4. The Hall–Kier alpha value is -4.14. The number of carboxylic acid groups (broad SMARTS) is 1. The largest absolute Gasteiger partial charge is 0.481 e. The molecule has 0 saturated heterocycles. The van der Waals surface area contributed by atoms with Crippen LogP contribution in [0.3, 0.4) is 0 Å². The molecule has 3 aromatic rings. The maximum Gasteiger partial charge on any atom is 0.407 e. The highest BCUT2D eigenvalue weighted by Gasteiger charge is 2.30. The van der Waals surface area contributed by atoms with Crippen molar-refractivity contribution in [1.29, 1.82) is 0 Å². The summed E-state index contributed by atoms with van der Waals surface area (Å²) in [6.07, 6.45) is 0.496. The van der Waals surface area contributed by atoms with Gasteiger partial charge in [0.25, 0.3) is 0 Å². The summed E-state index contributed by atoms with van der Waals surface area (Å²) in [6.45, 7) is 2.13. The van der Waals surface area contributed by atoms with Crippen molar-refractivity contribution in [3.63, 3.8) is 0 Å². The van der Waals surface area contributed by atoms with Crippen LogP contribution >= 0.6 is 0 Å². The fourth-order valence-corrected chi connectivity index (χ4v) is 4.18. The highest BCUT2D eigenvalue weighted by atomic mass is 16.5. The average molecular weight is 463 g/mol. The summed E-state index contributed by atoms with van der Waals surface area (Å²) in [5.74, 6) is -1.67. The van der Waals surface area contributed by atoms with Gasteiger partial charge in [0.15, 0.2) is 0 Å². The number of aromatic amines is 1. The van der Waals surface area contributed by atoms with Crippen LogP contribution in [0, 0.1) is 6.92 Å². The van der Waals surface area contributed by atoms with Crippen molar-refractivity contribution in [2.75, 3.05) is 6.61 Å². The number of aromatic nitrogens is 2. The monoisotopic (exact) mass is 462 g/mol. The Kier molecular flexibility index (Phi) is 6.91. The normalized spacial score (nSPS) is 13.0. The number of carboxylic acids is 1. The van der Waals surface area contributed by atoms with Gasteiger partial charge in [0, 0.05) is 30.1 Å². The van der Waals surface area contributed by atoms with Crippen LogP contribution in [0.1, 0.15) is 41.1 Å². The quantitative estimate of drug-likeness (QED) is 0.386. The lowest BCUT2D eigenvalue weighted by Gasteiger charge is -2.19. The maximum absolute atomic E-state index is 12.7. The third-order valence-electron chi connectivity index (χ3n) is 5.99. The van der Waals surface area contributed by atoms with E-state index < -0.39 is 24.0 Å². The van der Waals surface area contributed by atoms with Gasteiger partial charge >= 0.3 is 12.1 Å². The molecule has 2 aromatic carbocycles. The zero-order valence-corrected chi connectivity index (χ0v) is 18.7. The number of H-pyrrole nitrogens is 1. The predicted octanol–water partition coefficient (Wildman–Crippen LogP) is 3.11. The van der Waals surface area contributed by atoms with Crippen molar-refractivity contribution in [2.24, 2.45) is 0 Å². The number of amides is 2. The van der Waals surface area contributed by atoms with E-state index in [1.165, 1.54) is 0 Å². The Morgan fingerprint density at radius 1 is 1.09 bits per heavy atom. The van der Waals surface area contributed by atoms with E-state index in [2.05, 4.69) is 20.8 Å². The molecule has 0 saturated carbocycles. The lowest BCUT2D eigenvalue weighted by molar-refractivity contribution is -0.137. The van der Waals surface area contributed by atoms with Crippen molar-refractivity contribution >= 4 is 18.0 Å². The van der Waals surface area contributed by atoms with E-state index in [0.717, 1.165) is 33.5 Å². The van der Waals surface area contributed by atoms with Gasteiger partial charge < -0.3 is 20.5 Å². The Morgan fingerprint density at radius 2 is 1.74 bits per heavy atom. The van der Waals surface area contributed by atoms with Gasteiger partial charge in [-0.1, -0.05) is 48.5 Å². The molecule has 0 bridgehead atoms. The van der Waals surface area contributed by atoms with Crippen LogP contribution in [-0.4, -0.2) is 45.9 Å². The third-order valence-corrected chi connectivity index (χ3v) is 5.99. The van der Waals surface area contributed by atoms with Gasteiger partial charge in [0.2, 0.25) is 5.91 Å². The van der Waals surface area contributed by atoms with E-state index in [0.29, 0.717) is 0 Å². The number of hydrogen-bond acceptors (Lipinski definition) is 5. The molecule has 9 nitrogen and oxygen atoms in total. The van der Waals surface area contributed by atoms with E-state index in [1.807, 2.05) is 55.5 Å². The van der Waals surface area contributed by atoms with Crippen molar-refractivity contribution in [1.82, 2.24) is 20.8 Å². The summed E-state index contributed by atoms with van der Waals surface area (Å²) >= 11 is 0. The SMILES string of the molecule is Cc1[nH]ncc1CNC(=O)C(CCC(=O)O)NC(=O)OCC1c2ccccc2-c2ccccc21. The highest BCUT2D eigenvalue weighted by molar-refractivity contribution is 5.86. The van der Waals surface area contributed by atoms with Gasteiger partial charge in [-0.25, -0.2) is 4.79 Å². The number of carbonyl (C=O) groups is 3. The topological polar surface area (TPSA) is 133 Å². The van der Waals surface area contributed by atoms with Crippen LogP contribution in [0.4, 0.5) is 4.79 Å². The minimum atomic E-state index is -1.06. The van der Waals surface area contributed by atoms with E-state index in [-0.39, 0.29) is 31.9 Å². The maximum atomic E-state index is 12.7. The number of benzene rings is 2. The van der Waals surface area contributed by atoms with Gasteiger partial charge in [0.05, 0.1) is 6.20 Å². The molecule has 1 aliphatic carbocycles. The van der Waals surface area contributed by atoms with Gasteiger partial charge in [-0.05, 0) is 35.6 Å². The summed E-state index contributed by atoms with van der Waals surface area (Å²) in [5, 5.41) is 21.0. The number of alkyl carbamates (subject to hydrolysis) is 1. The average Bonchev–Trinajstić information content (AvgIpc) is 3.39. The van der Waals surface area contributed by atoms with E-state index in [9.17, 15) is 14.4 Å². The molecule has 1 atom stereocenters. The molecule has 0 spiro atoms. The van der Waals surface area contributed by atoms with Gasteiger partial charge in [-0.3, -0.25) is 14.7 Å². The lowest BCUT2D eigenvalue weighted by Crippen LogP contribution is -2.47. The zero-order valence-electron chi connectivity index (χ0n) is 18.7. The molecule has 0 fully saturated rings. The Labute approximate surface area is 196 Å². The number of carbonyl (C=O) groups excluding carboxylic acids is 2. The van der Waals surface area contributed by atoms with Crippen LogP contribution in [0.2, 0.25) is 0 Å². The summed E-state index contributed by atoms with van der Waals surface area (Å²) in [4.78, 5) is 36.3. The second-order valence-electron chi connectivity index (χ2n) is 8.19. The summed E-state index contributed by atoms with van der Waals surface area (Å²) in [5.41, 5.74) is 5.98. The van der Waals surface area contributed by atoms with Crippen LogP contribution in [0.15, 0.2) is 54.7 Å². The molecule has 1 heterocycles. The van der Waals surface area contributed by atoms with Crippen LogP contribution in [-0.2, 0) is 20.9 Å². The molecule has 0 aliphatic heterocycles. The number of nitrogens with one attached hydrogen (secondary N) is 3. The van der Waals surface area contributed by atoms with Gasteiger partial charge in [-0.15, -0.1) is 0 Å². The molecule has 4 N–H and O–H groups in total. The lowest BCUT2D eigenvalue weighted by atomic mass is 9.98. The Balaban J connectivity index is 1.39. The Morgan fingerprint density at radius 3 is 2.32 bits per heavy atom. The van der Waals surface area contributed by atoms with E-state index >= 15 is 0 Å². The minimum Gasteiger partial charge on any atom is -0.481 e. The van der Waals surface area contributed by atoms with E-state index in [4.69, 9.17) is 9.84 Å². The molecule has 34 heavy (non-hydrogen) atoms. The number of rotatable bonds is 9. The second kappa shape index (κ2) is 10.2. The van der Waals surface area contributed by atoms with Crippen LogP contribution < -0.4 is 10.6 Å². The second-order valence-corrected chi connectivity index (χ2v) is 8.19. The number of nitrogens with zero attached hydrogens (tertiary/aromatic N) is 1. The number of aryl methyl sites for hydroxylation is 1. The molecule has 1 unspecified atom stereocenters. The van der Waals surface area contributed by atoms with Crippen molar-refractivity contribution in [2.45, 2.75) is 38.3 Å². The number of ether oxygens (including phenoxy) is 1. The smallest absolute Gasteiger partial charge is 0.407 e. The predicted molar refractivity (Wildman–Crippen MR) is 124 cm³/mol. The molecular formula is C25H26N4O5. The van der Waals surface area contributed by atoms with Crippen molar-refractivity contribution in [3.8, 4) is 11.1 Å². The first kappa shape index (κ1) is 23.0. The molecular weight excluding hydrogens is 436 g/mol. The van der Waals surface area contributed by atoms with Gasteiger partial charge in [-0.2, -0.15) is 5.10 Å². The number of aliphatic carboxylic acids is 1. The first-order valence-electron chi connectivity index (χ1n) is 11.0.